The van der Waals surface area contributed by atoms with Gasteiger partial charge in [-0.2, -0.15) is 12.6 Å². The Morgan fingerprint density at radius 2 is 1.81 bits per heavy atom. The van der Waals surface area contributed by atoms with E-state index >= 15 is 0 Å². The van der Waals surface area contributed by atoms with Crippen LogP contribution in [0.2, 0.25) is 0 Å². The molecule has 0 saturated heterocycles. The van der Waals surface area contributed by atoms with E-state index in [4.69, 9.17) is 15.9 Å². The quantitative estimate of drug-likeness (QED) is 0.243. The molecule has 192 valence electrons. The molecule has 2 atom stereocenters. The summed E-state index contributed by atoms with van der Waals surface area (Å²) in [5.41, 5.74) is 0.216. The maximum Gasteiger partial charge on any atom is 0.408 e. The first-order chi connectivity index (χ1) is 16.9. The number of methoxy groups -OCH3 is 1. The molecule has 2 unspecified atom stereocenters. The SMILES string of the molecule is C#CN(C(=O)C(CS)NC(=O)OC(C)(C)C)C(C(=O)Nc1ccc(OC)cc1)c1cccc(C)c1O. The smallest absolute Gasteiger partial charge is 0.408 e. The lowest BCUT2D eigenvalue weighted by atomic mass is 9.99. The van der Waals surface area contributed by atoms with Crippen molar-refractivity contribution in [3.05, 3.63) is 53.6 Å². The Labute approximate surface area is 216 Å². The number of thiol groups is 1. The summed E-state index contributed by atoms with van der Waals surface area (Å²) >= 11 is 4.17. The number of benzene rings is 2. The highest BCUT2D eigenvalue weighted by atomic mass is 32.1. The zero-order valence-corrected chi connectivity index (χ0v) is 21.8. The fourth-order valence-electron chi connectivity index (χ4n) is 3.25. The molecule has 36 heavy (non-hydrogen) atoms. The largest absolute Gasteiger partial charge is 0.507 e. The molecule has 0 spiro atoms. The number of nitrogens with zero attached hydrogens (tertiary/aromatic N) is 1. The number of aromatic hydroxyl groups is 1. The molecule has 0 aliphatic rings. The number of aryl methyl sites for hydroxylation is 1. The van der Waals surface area contributed by atoms with Crippen molar-refractivity contribution in [2.24, 2.45) is 0 Å². The molecule has 9 nitrogen and oxygen atoms in total. The number of carbonyl (C=O) groups excluding carboxylic acids is 3. The Morgan fingerprint density at radius 1 is 1.17 bits per heavy atom. The summed E-state index contributed by atoms with van der Waals surface area (Å²) in [7, 11) is 1.52. The van der Waals surface area contributed by atoms with Gasteiger partial charge >= 0.3 is 6.09 Å². The lowest BCUT2D eigenvalue weighted by molar-refractivity contribution is -0.136. The van der Waals surface area contributed by atoms with Crippen LogP contribution in [0.15, 0.2) is 42.5 Å². The molecule has 3 amide bonds. The fourth-order valence-corrected chi connectivity index (χ4v) is 3.50. The van der Waals surface area contributed by atoms with Crippen LogP contribution in [-0.4, -0.2) is 52.4 Å². The maximum absolute atomic E-state index is 13.5. The Balaban J connectivity index is 2.45. The lowest BCUT2D eigenvalue weighted by Gasteiger charge is -2.30. The second-order valence-electron chi connectivity index (χ2n) is 8.85. The van der Waals surface area contributed by atoms with Gasteiger partial charge in [-0.15, -0.1) is 0 Å². The van der Waals surface area contributed by atoms with Crippen molar-refractivity contribution in [1.82, 2.24) is 10.2 Å². The molecule has 2 rings (SSSR count). The molecule has 0 aliphatic carbocycles. The third-order valence-electron chi connectivity index (χ3n) is 4.98. The van der Waals surface area contributed by atoms with E-state index in [1.54, 1.807) is 64.1 Å². The third-order valence-corrected chi connectivity index (χ3v) is 5.34. The van der Waals surface area contributed by atoms with Crippen LogP contribution in [0, 0.1) is 19.4 Å². The van der Waals surface area contributed by atoms with Crippen molar-refractivity contribution in [2.75, 3.05) is 18.2 Å². The van der Waals surface area contributed by atoms with Gasteiger partial charge in [-0.1, -0.05) is 24.6 Å². The minimum atomic E-state index is -1.42. The van der Waals surface area contributed by atoms with Crippen LogP contribution < -0.4 is 15.4 Å². The fraction of sp³-hybridized carbons (Fsp3) is 0.346. The van der Waals surface area contributed by atoms with Gasteiger partial charge in [0, 0.05) is 23.0 Å². The van der Waals surface area contributed by atoms with E-state index in [-0.39, 0.29) is 17.1 Å². The molecule has 0 radical (unpaired) electrons. The van der Waals surface area contributed by atoms with Crippen LogP contribution in [0.1, 0.15) is 37.9 Å². The number of alkyl carbamates (subject to hydrolysis) is 1. The lowest BCUT2D eigenvalue weighted by Crippen LogP contribution is -2.51. The number of anilines is 1. The van der Waals surface area contributed by atoms with Gasteiger partial charge in [0.15, 0.2) is 6.04 Å². The normalized spacial score (nSPS) is 12.5. The van der Waals surface area contributed by atoms with E-state index in [0.717, 1.165) is 4.90 Å². The summed E-state index contributed by atoms with van der Waals surface area (Å²) in [6.07, 6.45) is 4.86. The summed E-state index contributed by atoms with van der Waals surface area (Å²) in [4.78, 5) is 40.0. The molecule has 2 aromatic carbocycles. The first-order valence-corrected chi connectivity index (χ1v) is 11.7. The topological polar surface area (TPSA) is 117 Å². The summed E-state index contributed by atoms with van der Waals surface area (Å²) in [5, 5.41) is 15.9. The number of phenols is 1. The molecule has 0 aromatic heterocycles. The van der Waals surface area contributed by atoms with Gasteiger partial charge in [-0.3, -0.25) is 14.5 Å². The Hall–Kier alpha value is -3.84. The van der Waals surface area contributed by atoms with Crippen molar-refractivity contribution in [3.8, 4) is 24.0 Å². The summed E-state index contributed by atoms with van der Waals surface area (Å²) in [6.45, 7) is 6.69. The predicted molar refractivity (Wildman–Crippen MR) is 140 cm³/mol. The predicted octanol–water partition coefficient (Wildman–Crippen LogP) is 3.63. The van der Waals surface area contributed by atoms with Gasteiger partial charge in [0.2, 0.25) is 0 Å². The van der Waals surface area contributed by atoms with Gasteiger partial charge in [0.1, 0.15) is 23.1 Å². The minimum absolute atomic E-state index is 0.113. The highest BCUT2D eigenvalue weighted by Crippen LogP contribution is 2.33. The number of hydrogen-bond acceptors (Lipinski definition) is 7. The number of phenolic OH excluding ortho intramolecular Hbond substituents is 1. The second kappa shape index (κ2) is 12.2. The average Bonchev–Trinajstić information content (AvgIpc) is 2.82. The van der Waals surface area contributed by atoms with Crippen molar-refractivity contribution in [2.45, 2.75) is 45.4 Å². The zero-order valence-electron chi connectivity index (χ0n) is 20.9. The van der Waals surface area contributed by atoms with Crippen LogP contribution in [0.3, 0.4) is 0 Å². The first kappa shape index (κ1) is 28.4. The van der Waals surface area contributed by atoms with E-state index in [9.17, 15) is 19.5 Å². The number of amides is 3. The van der Waals surface area contributed by atoms with Gasteiger partial charge < -0.3 is 25.2 Å². The molecule has 3 N–H and O–H groups in total. The monoisotopic (exact) mass is 513 g/mol. The van der Waals surface area contributed by atoms with Crippen LogP contribution >= 0.6 is 12.6 Å². The van der Waals surface area contributed by atoms with E-state index in [2.05, 4.69) is 29.3 Å². The summed E-state index contributed by atoms with van der Waals surface area (Å²) in [6, 6.07) is 10.9. The van der Waals surface area contributed by atoms with E-state index in [0.29, 0.717) is 17.0 Å². The molecular weight excluding hydrogens is 482 g/mol. The van der Waals surface area contributed by atoms with Crippen molar-refractivity contribution >= 4 is 36.2 Å². The first-order valence-electron chi connectivity index (χ1n) is 11.0. The second-order valence-corrected chi connectivity index (χ2v) is 9.22. The minimum Gasteiger partial charge on any atom is -0.507 e. The van der Waals surface area contributed by atoms with Gasteiger partial charge in [0.25, 0.3) is 11.8 Å². The van der Waals surface area contributed by atoms with Crippen molar-refractivity contribution in [1.29, 1.82) is 0 Å². The van der Waals surface area contributed by atoms with Crippen LogP contribution in [0.5, 0.6) is 11.5 Å². The number of terminal acetylenes is 1. The number of carbonyl (C=O) groups is 3. The average molecular weight is 514 g/mol. The van der Waals surface area contributed by atoms with Crippen molar-refractivity contribution in [3.63, 3.8) is 0 Å². The molecule has 10 heteroatoms. The van der Waals surface area contributed by atoms with Crippen LogP contribution in [0.4, 0.5) is 10.5 Å². The molecule has 0 bridgehead atoms. The van der Waals surface area contributed by atoms with Gasteiger partial charge in [0.05, 0.1) is 7.11 Å². The number of rotatable bonds is 8. The maximum atomic E-state index is 13.5. The Bertz CT molecular complexity index is 1140. The molecule has 0 aliphatic heterocycles. The number of hydrogen-bond donors (Lipinski definition) is 4. The third kappa shape index (κ3) is 7.33. The summed E-state index contributed by atoms with van der Waals surface area (Å²) in [5.74, 6) is -1.19. The molecule has 0 heterocycles. The van der Waals surface area contributed by atoms with Gasteiger partial charge in [-0.25, -0.2) is 4.79 Å². The highest BCUT2D eigenvalue weighted by Gasteiger charge is 2.37. The molecule has 0 fully saturated rings. The number of ether oxygens (including phenoxy) is 2. The molecular formula is C26H31N3O6S. The van der Waals surface area contributed by atoms with Crippen LogP contribution in [-0.2, 0) is 14.3 Å². The zero-order chi connectivity index (χ0) is 27.0. The van der Waals surface area contributed by atoms with Gasteiger partial charge in [-0.05, 0) is 57.5 Å². The highest BCUT2D eigenvalue weighted by molar-refractivity contribution is 7.80. The summed E-state index contributed by atoms with van der Waals surface area (Å²) < 4.78 is 10.4. The molecule has 0 saturated carbocycles. The Kier molecular flexibility index (Phi) is 9.64. The number of nitrogens with one attached hydrogen (secondary N) is 2. The van der Waals surface area contributed by atoms with Crippen LogP contribution in [0.25, 0.3) is 0 Å². The molecule has 2 aromatic rings. The van der Waals surface area contributed by atoms with E-state index in [1.807, 2.05) is 0 Å². The van der Waals surface area contributed by atoms with E-state index in [1.165, 1.54) is 13.2 Å². The number of para-hydroxylation sites is 1. The standard InChI is InChI=1S/C26H31N3O6S/c1-7-29(24(32)20(15-36)28-25(33)35-26(3,4)5)21(19-10-8-9-16(2)22(19)30)23(31)27-17-11-13-18(34-6)14-12-17/h1,8-14,20-21,30,36H,15H2,2-6H3,(H,27,31)(H,28,33). The van der Waals surface area contributed by atoms with E-state index < -0.39 is 35.6 Å². The van der Waals surface area contributed by atoms with Crippen molar-refractivity contribution < 1.29 is 29.0 Å². The Morgan fingerprint density at radius 3 is 2.33 bits per heavy atom.